The van der Waals surface area contributed by atoms with E-state index in [0.717, 1.165) is 17.2 Å². The second kappa shape index (κ2) is 7.27. The third kappa shape index (κ3) is 3.70. The van der Waals surface area contributed by atoms with Crippen molar-refractivity contribution in [1.82, 2.24) is 5.32 Å². The molecule has 0 aliphatic heterocycles. The summed E-state index contributed by atoms with van der Waals surface area (Å²) in [6.07, 6.45) is -3.20. The molecular weight excluding hydrogens is 346 g/mol. The van der Waals surface area contributed by atoms with Gasteiger partial charge in [-0.05, 0) is 73.2 Å². The van der Waals surface area contributed by atoms with Crippen molar-refractivity contribution in [3.63, 3.8) is 0 Å². The van der Waals surface area contributed by atoms with E-state index in [1.54, 1.807) is 12.1 Å². The van der Waals surface area contributed by atoms with Gasteiger partial charge < -0.3 is 10.1 Å². The van der Waals surface area contributed by atoms with Gasteiger partial charge in [0, 0.05) is 0 Å². The first-order chi connectivity index (χ1) is 12.3. The smallest absolute Gasteiger partial charge is 0.416 e. The normalized spacial score (nSPS) is 19.5. The van der Waals surface area contributed by atoms with Crippen LogP contribution in [0.1, 0.15) is 28.2 Å². The lowest BCUT2D eigenvalue weighted by molar-refractivity contribution is -0.137. The molecule has 2 aromatic carbocycles. The van der Waals surface area contributed by atoms with E-state index in [0.29, 0.717) is 24.9 Å². The Balaban J connectivity index is 1.95. The number of benzene rings is 2. The molecule has 26 heavy (non-hydrogen) atoms. The van der Waals surface area contributed by atoms with Crippen LogP contribution >= 0.6 is 0 Å². The highest BCUT2D eigenvalue weighted by molar-refractivity contribution is 5.44. The van der Waals surface area contributed by atoms with Crippen molar-refractivity contribution >= 4 is 0 Å². The molecule has 0 aromatic heterocycles. The molecule has 0 amide bonds. The van der Waals surface area contributed by atoms with Crippen LogP contribution in [0.4, 0.5) is 17.6 Å². The fraction of sp³-hybridized carbons (Fsp3) is 0.400. The summed E-state index contributed by atoms with van der Waals surface area (Å²) in [6, 6.07) is 8.61. The summed E-state index contributed by atoms with van der Waals surface area (Å²) >= 11 is 0. The Morgan fingerprint density at radius 1 is 1.19 bits per heavy atom. The Labute approximate surface area is 150 Å². The van der Waals surface area contributed by atoms with Gasteiger partial charge in [0.2, 0.25) is 0 Å². The molecule has 1 N–H and O–H groups in total. The Hall–Kier alpha value is -2.08. The minimum absolute atomic E-state index is 0.00966. The van der Waals surface area contributed by atoms with E-state index in [1.807, 2.05) is 7.05 Å². The molecule has 2 unspecified atom stereocenters. The number of nitrogens with one attached hydrogen (secondary N) is 1. The summed E-state index contributed by atoms with van der Waals surface area (Å²) in [7, 11) is 3.25. The summed E-state index contributed by atoms with van der Waals surface area (Å²) in [5.74, 6) is -0.0384. The van der Waals surface area contributed by atoms with Gasteiger partial charge in [-0.1, -0.05) is 18.2 Å². The van der Waals surface area contributed by atoms with Gasteiger partial charge in [0.1, 0.15) is 0 Å². The van der Waals surface area contributed by atoms with Crippen molar-refractivity contribution < 1.29 is 22.3 Å². The topological polar surface area (TPSA) is 21.3 Å². The van der Waals surface area contributed by atoms with Crippen molar-refractivity contribution in [2.45, 2.75) is 24.9 Å². The number of hydrogen-bond acceptors (Lipinski definition) is 2. The SMILES string of the molecule is CNCC1Cc2cc(F)c(OC)cc2C1Cc1cccc(C(F)(F)F)c1. The van der Waals surface area contributed by atoms with E-state index in [4.69, 9.17) is 4.74 Å². The number of halogens is 4. The van der Waals surface area contributed by atoms with Crippen LogP contribution in [0.25, 0.3) is 0 Å². The standard InChI is InChI=1S/C20H21F4NO/c1-25-11-14-8-13-9-18(21)19(26-2)10-17(13)16(14)7-12-4-3-5-15(6-12)20(22,23)24/h3-6,9-10,14,16,25H,7-8,11H2,1-2H3. The first-order valence-corrected chi connectivity index (χ1v) is 8.50. The highest BCUT2D eigenvalue weighted by Gasteiger charge is 2.34. The van der Waals surface area contributed by atoms with Gasteiger partial charge in [-0.2, -0.15) is 13.2 Å². The molecule has 0 saturated heterocycles. The quantitative estimate of drug-likeness (QED) is 0.782. The zero-order valence-corrected chi connectivity index (χ0v) is 14.7. The molecule has 0 bridgehead atoms. The molecule has 1 aliphatic carbocycles. The number of rotatable bonds is 5. The van der Waals surface area contributed by atoms with Gasteiger partial charge in [0.25, 0.3) is 0 Å². The van der Waals surface area contributed by atoms with Crippen molar-refractivity contribution in [2.75, 3.05) is 20.7 Å². The fourth-order valence-corrected chi connectivity index (χ4v) is 3.85. The largest absolute Gasteiger partial charge is 0.494 e. The molecule has 0 heterocycles. The Morgan fingerprint density at radius 2 is 1.96 bits per heavy atom. The molecule has 2 nitrogen and oxygen atoms in total. The maximum atomic E-state index is 14.0. The number of fused-ring (bicyclic) bond motifs is 1. The van der Waals surface area contributed by atoms with E-state index in [9.17, 15) is 17.6 Å². The van der Waals surface area contributed by atoms with Gasteiger partial charge in [-0.25, -0.2) is 4.39 Å². The summed E-state index contributed by atoms with van der Waals surface area (Å²) in [4.78, 5) is 0. The molecule has 0 radical (unpaired) electrons. The Morgan fingerprint density at radius 3 is 2.62 bits per heavy atom. The van der Waals surface area contributed by atoms with Crippen molar-refractivity contribution in [2.24, 2.45) is 5.92 Å². The zero-order chi connectivity index (χ0) is 18.9. The molecule has 1 aliphatic rings. The second-order valence-corrected chi connectivity index (χ2v) is 6.72. The molecule has 0 fully saturated rings. The predicted octanol–water partition coefficient (Wildman–Crippen LogP) is 4.57. The number of hydrogen-bond donors (Lipinski definition) is 1. The third-order valence-electron chi connectivity index (χ3n) is 5.04. The minimum atomic E-state index is -4.36. The Kier molecular flexibility index (Phi) is 5.23. The van der Waals surface area contributed by atoms with E-state index >= 15 is 0 Å². The van der Waals surface area contributed by atoms with Gasteiger partial charge in [0.15, 0.2) is 11.6 Å². The molecule has 0 spiro atoms. The van der Waals surface area contributed by atoms with Crippen molar-refractivity contribution in [3.05, 3.63) is 64.5 Å². The first kappa shape index (κ1) is 18.7. The van der Waals surface area contributed by atoms with Crippen molar-refractivity contribution in [1.29, 1.82) is 0 Å². The van der Waals surface area contributed by atoms with Gasteiger partial charge >= 0.3 is 6.18 Å². The molecule has 3 rings (SSSR count). The summed E-state index contributed by atoms with van der Waals surface area (Å²) in [6.45, 7) is 0.711. The lowest BCUT2D eigenvalue weighted by atomic mass is 9.86. The fourth-order valence-electron chi connectivity index (χ4n) is 3.85. The first-order valence-electron chi connectivity index (χ1n) is 8.50. The van der Waals surface area contributed by atoms with E-state index in [2.05, 4.69) is 5.32 Å². The highest BCUT2D eigenvalue weighted by atomic mass is 19.4. The monoisotopic (exact) mass is 367 g/mol. The van der Waals surface area contributed by atoms with Crippen LogP contribution in [0.15, 0.2) is 36.4 Å². The lowest BCUT2D eigenvalue weighted by Crippen LogP contribution is -2.23. The van der Waals surface area contributed by atoms with Gasteiger partial charge in [-0.3, -0.25) is 0 Å². The highest BCUT2D eigenvalue weighted by Crippen LogP contribution is 2.42. The van der Waals surface area contributed by atoms with Gasteiger partial charge in [-0.15, -0.1) is 0 Å². The van der Waals surface area contributed by atoms with E-state index in [1.165, 1.54) is 25.3 Å². The summed E-state index contributed by atoms with van der Waals surface area (Å²) in [5, 5.41) is 3.13. The van der Waals surface area contributed by atoms with Crippen LogP contribution in [0.5, 0.6) is 5.75 Å². The average molecular weight is 367 g/mol. The predicted molar refractivity (Wildman–Crippen MR) is 92.0 cm³/mol. The lowest BCUT2D eigenvalue weighted by Gasteiger charge is -2.21. The van der Waals surface area contributed by atoms with Crippen LogP contribution in [0.2, 0.25) is 0 Å². The van der Waals surface area contributed by atoms with Crippen LogP contribution in [0.3, 0.4) is 0 Å². The van der Waals surface area contributed by atoms with Crippen LogP contribution in [-0.2, 0) is 19.0 Å². The second-order valence-electron chi connectivity index (χ2n) is 6.72. The van der Waals surface area contributed by atoms with Gasteiger partial charge in [0.05, 0.1) is 12.7 Å². The number of methoxy groups -OCH3 is 1. The maximum absolute atomic E-state index is 14.0. The van der Waals surface area contributed by atoms with Crippen LogP contribution in [-0.4, -0.2) is 20.7 Å². The molecule has 0 saturated carbocycles. The molecule has 2 atom stereocenters. The van der Waals surface area contributed by atoms with Crippen LogP contribution < -0.4 is 10.1 Å². The Bertz CT molecular complexity index is 788. The maximum Gasteiger partial charge on any atom is 0.416 e. The zero-order valence-electron chi connectivity index (χ0n) is 14.7. The third-order valence-corrected chi connectivity index (χ3v) is 5.04. The molecule has 140 valence electrons. The molecule has 2 aromatic rings. The van der Waals surface area contributed by atoms with E-state index in [-0.39, 0.29) is 17.6 Å². The molecular formula is C20H21F4NO. The van der Waals surface area contributed by atoms with Crippen LogP contribution in [0, 0.1) is 11.7 Å². The number of alkyl halides is 3. The molecule has 6 heteroatoms. The minimum Gasteiger partial charge on any atom is -0.494 e. The van der Waals surface area contributed by atoms with E-state index < -0.39 is 17.6 Å². The summed E-state index contributed by atoms with van der Waals surface area (Å²) in [5.41, 5.74) is 1.85. The van der Waals surface area contributed by atoms with Crippen molar-refractivity contribution in [3.8, 4) is 5.75 Å². The summed E-state index contributed by atoms with van der Waals surface area (Å²) < 4.78 is 58.1. The average Bonchev–Trinajstić information content (AvgIpc) is 2.90. The number of ether oxygens (including phenoxy) is 1.